The molecule has 0 unspecified atom stereocenters. The smallest absolute Gasteiger partial charge is 0.407 e. The Morgan fingerprint density at radius 3 is 2.14 bits per heavy atom. The lowest BCUT2D eigenvalue weighted by Crippen LogP contribution is -2.43. The van der Waals surface area contributed by atoms with Crippen LogP contribution in [0.15, 0.2) is 22.7 Å². The molecule has 0 spiro atoms. The number of hydrogen-bond donors (Lipinski definition) is 0. The number of ether oxygens (including phenoxy) is 1. The lowest BCUT2D eigenvalue weighted by atomic mass is 9.96. The second-order valence-corrected chi connectivity index (χ2v) is 5.03. The second-order valence-electron chi connectivity index (χ2n) is 4.12. The summed E-state index contributed by atoms with van der Waals surface area (Å²) in [4.78, 5) is 11.5. The van der Waals surface area contributed by atoms with Crippen LogP contribution in [0, 0.1) is 5.92 Å². The summed E-state index contributed by atoms with van der Waals surface area (Å²) in [5.74, 6) is -5.95. The van der Waals surface area contributed by atoms with E-state index in [-0.39, 0.29) is 11.3 Å². The molecule has 0 saturated carbocycles. The van der Waals surface area contributed by atoms with Crippen molar-refractivity contribution in [2.45, 2.75) is 18.8 Å². The molecule has 0 radical (unpaired) electrons. The van der Waals surface area contributed by atoms with Crippen LogP contribution in [0.5, 0.6) is 5.75 Å². The highest BCUT2D eigenvalue weighted by molar-refractivity contribution is 9.10. The Bertz CT molecular complexity index is 509. The van der Waals surface area contributed by atoms with Crippen molar-refractivity contribution in [1.29, 1.82) is 0 Å². The number of halogens is 7. The zero-order valence-corrected chi connectivity index (χ0v) is 12.1. The molecule has 0 aliphatic rings. The summed E-state index contributed by atoms with van der Waals surface area (Å²) >= 11 is 3.02. The molecule has 0 N–H and O–H groups in total. The van der Waals surface area contributed by atoms with Crippen molar-refractivity contribution < 1.29 is 35.9 Å². The Morgan fingerprint density at radius 2 is 1.71 bits per heavy atom. The normalized spacial score (nSPS) is 12.6. The van der Waals surface area contributed by atoms with Crippen LogP contribution in [-0.4, -0.2) is 25.2 Å². The molecule has 0 aliphatic heterocycles. The molecule has 0 bridgehead atoms. The topological polar surface area (TPSA) is 26.3 Å². The summed E-state index contributed by atoms with van der Waals surface area (Å²) in [5, 5.41) is 0. The van der Waals surface area contributed by atoms with Gasteiger partial charge in [-0.1, -0.05) is 15.9 Å². The summed E-state index contributed by atoms with van der Waals surface area (Å²) in [6.45, 7) is 0. The fourth-order valence-corrected chi connectivity index (χ4v) is 2.13. The van der Waals surface area contributed by atoms with Gasteiger partial charge in [0.25, 0.3) is 0 Å². The fourth-order valence-electron chi connectivity index (χ4n) is 1.73. The Hall–Kier alpha value is -1.25. The Kier molecular flexibility index (Phi) is 5.30. The summed E-state index contributed by atoms with van der Waals surface area (Å²) in [6, 6.07) is 4.06. The summed E-state index contributed by atoms with van der Waals surface area (Å²) in [5.41, 5.74) is -0.0598. The van der Waals surface area contributed by atoms with Crippen LogP contribution in [0.2, 0.25) is 0 Å². The van der Waals surface area contributed by atoms with E-state index >= 15 is 0 Å². The third-order valence-electron chi connectivity index (χ3n) is 2.58. The van der Waals surface area contributed by atoms with Gasteiger partial charge in [0.15, 0.2) is 5.78 Å². The molecule has 118 valence electrons. The number of Topliss-reactive ketones (excluding diaryl/α,β-unsaturated/α-hetero) is 1. The monoisotopic (exact) mass is 378 g/mol. The van der Waals surface area contributed by atoms with Crippen molar-refractivity contribution >= 4 is 21.7 Å². The molecule has 2 nitrogen and oxygen atoms in total. The molecular formula is C12H9BrF6O2. The highest BCUT2D eigenvalue weighted by Crippen LogP contribution is 2.40. The third kappa shape index (κ3) is 4.62. The Morgan fingerprint density at radius 1 is 1.19 bits per heavy atom. The predicted molar refractivity (Wildman–Crippen MR) is 65.0 cm³/mol. The Labute approximate surface area is 124 Å². The van der Waals surface area contributed by atoms with E-state index in [0.29, 0.717) is 4.47 Å². The van der Waals surface area contributed by atoms with Crippen molar-refractivity contribution in [3.05, 3.63) is 28.2 Å². The molecule has 9 heteroatoms. The first-order valence-electron chi connectivity index (χ1n) is 5.45. The average Bonchev–Trinajstić information content (AvgIpc) is 2.24. The van der Waals surface area contributed by atoms with Gasteiger partial charge in [0.2, 0.25) is 5.92 Å². The van der Waals surface area contributed by atoms with Gasteiger partial charge in [0.05, 0.1) is 7.11 Å². The molecule has 1 rings (SSSR count). The zero-order valence-electron chi connectivity index (χ0n) is 10.5. The minimum atomic E-state index is -5.69. The molecule has 0 atom stereocenters. The number of carbonyl (C=O) groups is 1. The first-order valence-corrected chi connectivity index (χ1v) is 6.24. The zero-order chi connectivity index (χ0) is 16.4. The van der Waals surface area contributed by atoms with E-state index in [1.54, 1.807) is 0 Å². The van der Waals surface area contributed by atoms with E-state index in [1.165, 1.54) is 25.3 Å². The molecule has 0 aromatic heterocycles. The van der Waals surface area contributed by atoms with Gasteiger partial charge in [-0.2, -0.15) is 26.3 Å². The molecule has 1 aromatic carbocycles. The number of methoxy groups -OCH3 is 1. The number of carbonyl (C=O) groups excluding carboxylic acids is 1. The van der Waals surface area contributed by atoms with E-state index < -0.39 is 30.5 Å². The first-order chi connectivity index (χ1) is 9.46. The van der Waals surface area contributed by atoms with Gasteiger partial charge in [-0.3, -0.25) is 4.79 Å². The van der Waals surface area contributed by atoms with Crippen molar-refractivity contribution in [2.24, 2.45) is 5.92 Å². The van der Waals surface area contributed by atoms with Gasteiger partial charge in [0.1, 0.15) is 5.75 Å². The number of ketones is 1. The van der Waals surface area contributed by atoms with Gasteiger partial charge >= 0.3 is 12.4 Å². The first kappa shape index (κ1) is 17.8. The third-order valence-corrected chi connectivity index (χ3v) is 3.08. The number of hydrogen-bond acceptors (Lipinski definition) is 2. The standard InChI is InChI=1S/C12H9BrF6O2/c1-21-9-3-2-7(13)4-6(9)5-8(20)10(11(14,15)16)12(17,18)19/h2-4,10H,5H2,1H3. The highest BCUT2D eigenvalue weighted by atomic mass is 79.9. The number of alkyl halides is 6. The largest absolute Gasteiger partial charge is 0.496 e. The highest BCUT2D eigenvalue weighted by Gasteiger charge is 2.60. The van der Waals surface area contributed by atoms with Crippen LogP contribution >= 0.6 is 15.9 Å². The van der Waals surface area contributed by atoms with Crippen molar-refractivity contribution in [3.8, 4) is 5.75 Å². The maximum atomic E-state index is 12.4. The molecule has 0 aliphatic carbocycles. The van der Waals surface area contributed by atoms with E-state index in [1.807, 2.05) is 0 Å². The van der Waals surface area contributed by atoms with Gasteiger partial charge < -0.3 is 4.74 Å². The van der Waals surface area contributed by atoms with Crippen LogP contribution in [0.25, 0.3) is 0 Å². The predicted octanol–water partition coefficient (Wildman–Crippen LogP) is 4.31. The Balaban J connectivity index is 3.11. The molecule has 0 saturated heterocycles. The minimum Gasteiger partial charge on any atom is -0.496 e. The molecule has 0 fully saturated rings. The van der Waals surface area contributed by atoms with Crippen molar-refractivity contribution in [3.63, 3.8) is 0 Å². The lowest BCUT2D eigenvalue weighted by Gasteiger charge is -2.22. The van der Waals surface area contributed by atoms with Crippen LogP contribution in [0.3, 0.4) is 0 Å². The van der Waals surface area contributed by atoms with Crippen LogP contribution in [-0.2, 0) is 11.2 Å². The van der Waals surface area contributed by atoms with Crippen molar-refractivity contribution in [2.75, 3.05) is 7.11 Å². The molecule has 0 heterocycles. The van der Waals surface area contributed by atoms with E-state index in [4.69, 9.17) is 4.74 Å². The molecular weight excluding hydrogens is 370 g/mol. The molecule has 21 heavy (non-hydrogen) atoms. The molecule has 0 amide bonds. The van der Waals surface area contributed by atoms with Gasteiger partial charge in [-0.15, -0.1) is 0 Å². The van der Waals surface area contributed by atoms with Crippen LogP contribution < -0.4 is 4.74 Å². The summed E-state index contributed by atoms with van der Waals surface area (Å²) in [7, 11) is 1.20. The van der Waals surface area contributed by atoms with E-state index in [2.05, 4.69) is 15.9 Å². The minimum absolute atomic E-state index is 0.0367. The van der Waals surface area contributed by atoms with Crippen molar-refractivity contribution in [1.82, 2.24) is 0 Å². The summed E-state index contributed by atoms with van der Waals surface area (Å²) < 4.78 is 79.9. The fraction of sp³-hybridized carbons (Fsp3) is 0.417. The van der Waals surface area contributed by atoms with Gasteiger partial charge in [-0.05, 0) is 18.2 Å². The average molecular weight is 379 g/mol. The quantitative estimate of drug-likeness (QED) is 0.729. The number of rotatable bonds is 4. The SMILES string of the molecule is COc1ccc(Br)cc1CC(=O)C(C(F)(F)F)C(F)(F)F. The maximum Gasteiger partial charge on any atom is 0.407 e. The molecule has 1 aromatic rings. The number of benzene rings is 1. The van der Waals surface area contributed by atoms with Gasteiger partial charge in [0, 0.05) is 16.5 Å². The lowest BCUT2D eigenvalue weighted by molar-refractivity contribution is -0.273. The van der Waals surface area contributed by atoms with Crippen LogP contribution in [0.1, 0.15) is 5.56 Å². The van der Waals surface area contributed by atoms with E-state index in [0.717, 1.165) is 0 Å². The van der Waals surface area contributed by atoms with Crippen LogP contribution in [0.4, 0.5) is 26.3 Å². The van der Waals surface area contributed by atoms with E-state index in [9.17, 15) is 31.1 Å². The second kappa shape index (κ2) is 6.25. The van der Waals surface area contributed by atoms with Gasteiger partial charge in [-0.25, -0.2) is 0 Å². The summed E-state index contributed by atoms with van der Waals surface area (Å²) in [6.07, 6.45) is -12.4. The maximum absolute atomic E-state index is 12.4.